The van der Waals surface area contributed by atoms with E-state index in [1.165, 1.54) is 7.05 Å². The third-order valence-corrected chi connectivity index (χ3v) is 6.91. The molecular formula is C19H25N5O5S. The maximum Gasteiger partial charge on any atom is 0.280 e. The van der Waals surface area contributed by atoms with Crippen LogP contribution < -0.4 is 19.5 Å². The highest BCUT2D eigenvalue weighted by Crippen LogP contribution is 2.36. The number of nitrogens with one attached hydrogen (secondary N) is 2. The molecule has 1 aromatic carbocycles. The number of ether oxygens (including phenoxy) is 2. The van der Waals surface area contributed by atoms with Crippen molar-refractivity contribution >= 4 is 21.8 Å². The van der Waals surface area contributed by atoms with Crippen LogP contribution in [0.2, 0.25) is 0 Å². The molecular weight excluding hydrogens is 410 g/mol. The maximum atomic E-state index is 12.9. The van der Waals surface area contributed by atoms with E-state index in [0.29, 0.717) is 22.7 Å². The van der Waals surface area contributed by atoms with Crippen molar-refractivity contribution in [2.24, 2.45) is 0 Å². The topological polar surface area (TPSA) is 115 Å². The Kier molecular flexibility index (Phi) is 5.67. The molecule has 2 unspecified atom stereocenters. The van der Waals surface area contributed by atoms with Crippen LogP contribution in [0.4, 0.5) is 5.69 Å². The summed E-state index contributed by atoms with van der Waals surface area (Å²) in [7, 11) is -2.44. The van der Waals surface area contributed by atoms with Crippen molar-refractivity contribution in [3.05, 3.63) is 36.2 Å². The Balaban J connectivity index is 1.51. The van der Waals surface area contributed by atoms with Crippen molar-refractivity contribution in [2.75, 3.05) is 19.2 Å². The number of carbonyl (C=O) groups excluding carboxylic acids is 1. The number of hydrogen-bond donors (Lipinski definition) is 2. The number of hydrogen-bond acceptors (Lipinski definition) is 6. The molecule has 1 saturated heterocycles. The number of fused-ring (bicyclic) bond motifs is 1. The molecule has 4 rings (SSSR count). The van der Waals surface area contributed by atoms with E-state index >= 15 is 0 Å². The second kappa shape index (κ2) is 8.25. The zero-order valence-electron chi connectivity index (χ0n) is 16.9. The number of aryl methyl sites for hydroxylation is 1. The number of rotatable bonds is 6. The van der Waals surface area contributed by atoms with E-state index < -0.39 is 28.2 Å². The molecule has 30 heavy (non-hydrogen) atoms. The number of amides is 1. The predicted molar refractivity (Wildman–Crippen MR) is 109 cm³/mol. The Morgan fingerprint density at radius 3 is 2.93 bits per heavy atom. The number of unbranched alkanes of at least 4 members (excludes halogenated alkanes) is 1. The summed E-state index contributed by atoms with van der Waals surface area (Å²) in [6, 6.07) is 3.82. The van der Waals surface area contributed by atoms with Gasteiger partial charge in [-0.25, -0.2) is 0 Å². The van der Waals surface area contributed by atoms with Crippen molar-refractivity contribution in [1.82, 2.24) is 18.8 Å². The summed E-state index contributed by atoms with van der Waals surface area (Å²) in [6.07, 6.45) is 5.62. The Morgan fingerprint density at radius 1 is 1.33 bits per heavy atom. The third kappa shape index (κ3) is 4.13. The molecule has 2 aliphatic rings. The van der Waals surface area contributed by atoms with Gasteiger partial charge < -0.3 is 14.8 Å². The van der Waals surface area contributed by atoms with Gasteiger partial charge in [0.05, 0.1) is 17.9 Å². The molecule has 11 heteroatoms. The van der Waals surface area contributed by atoms with Gasteiger partial charge in [0.1, 0.15) is 6.04 Å². The Morgan fingerprint density at radius 2 is 2.13 bits per heavy atom. The van der Waals surface area contributed by atoms with E-state index in [-0.39, 0.29) is 13.2 Å². The summed E-state index contributed by atoms with van der Waals surface area (Å²) >= 11 is 0. The quantitative estimate of drug-likeness (QED) is 0.713. The van der Waals surface area contributed by atoms with Gasteiger partial charge in [0.2, 0.25) is 12.7 Å². The molecule has 0 spiro atoms. The van der Waals surface area contributed by atoms with Gasteiger partial charge in [-0.2, -0.15) is 22.5 Å². The van der Waals surface area contributed by atoms with Crippen molar-refractivity contribution in [3.8, 4) is 11.5 Å². The summed E-state index contributed by atoms with van der Waals surface area (Å²) in [5.41, 5.74) is 1.25. The van der Waals surface area contributed by atoms with Gasteiger partial charge in [-0.3, -0.25) is 9.48 Å². The van der Waals surface area contributed by atoms with Gasteiger partial charge in [0, 0.05) is 19.8 Å². The molecule has 0 saturated carbocycles. The molecule has 162 valence electrons. The summed E-state index contributed by atoms with van der Waals surface area (Å²) in [5.74, 6) is 0.776. The summed E-state index contributed by atoms with van der Waals surface area (Å²) in [4.78, 5) is 12.9. The Bertz CT molecular complexity index is 1040. The zero-order valence-corrected chi connectivity index (χ0v) is 17.7. The lowest BCUT2D eigenvalue weighted by atomic mass is 9.99. The lowest BCUT2D eigenvalue weighted by Crippen LogP contribution is -2.55. The van der Waals surface area contributed by atoms with E-state index in [0.717, 1.165) is 23.7 Å². The average Bonchev–Trinajstić information content (AvgIpc) is 3.36. The molecule has 0 bridgehead atoms. The molecule has 3 heterocycles. The van der Waals surface area contributed by atoms with Crippen LogP contribution in [0.5, 0.6) is 11.5 Å². The molecule has 0 aliphatic carbocycles. The third-order valence-electron chi connectivity index (χ3n) is 5.31. The second-order valence-electron chi connectivity index (χ2n) is 7.39. The van der Waals surface area contributed by atoms with Crippen LogP contribution in [0.1, 0.15) is 37.8 Å². The van der Waals surface area contributed by atoms with E-state index in [1.54, 1.807) is 35.3 Å². The number of aromatic nitrogens is 2. The molecule has 10 nitrogen and oxygen atoms in total. The fourth-order valence-corrected chi connectivity index (χ4v) is 4.83. The highest BCUT2D eigenvalue weighted by molar-refractivity contribution is 7.87. The number of carbonyl (C=O) groups is 1. The van der Waals surface area contributed by atoms with Gasteiger partial charge in [0.15, 0.2) is 11.5 Å². The first-order chi connectivity index (χ1) is 14.4. The first-order valence-electron chi connectivity index (χ1n) is 9.85. The second-order valence-corrected chi connectivity index (χ2v) is 9.15. The minimum absolute atomic E-state index is 0.134. The first kappa shape index (κ1) is 20.6. The van der Waals surface area contributed by atoms with Crippen LogP contribution in [0.15, 0.2) is 30.6 Å². The number of nitrogens with zero attached hydrogens (tertiary/aromatic N) is 3. The van der Waals surface area contributed by atoms with E-state index in [2.05, 4.69) is 22.1 Å². The molecule has 1 aromatic heterocycles. The van der Waals surface area contributed by atoms with Crippen LogP contribution in [0.3, 0.4) is 0 Å². The van der Waals surface area contributed by atoms with Gasteiger partial charge in [0.25, 0.3) is 10.2 Å². The zero-order chi connectivity index (χ0) is 21.3. The van der Waals surface area contributed by atoms with Gasteiger partial charge >= 0.3 is 0 Å². The van der Waals surface area contributed by atoms with Gasteiger partial charge in [-0.15, -0.1) is 0 Å². The van der Waals surface area contributed by atoms with Crippen molar-refractivity contribution < 1.29 is 22.7 Å². The number of likely N-dealkylation sites (N-methyl/N-ethyl adjacent to an activating group) is 1. The lowest BCUT2D eigenvalue weighted by Gasteiger charge is -2.36. The smallest absolute Gasteiger partial charge is 0.280 e. The van der Waals surface area contributed by atoms with Gasteiger partial charge in [-0.1, -0.05) is 19.4 Å². The summed E-state index contributed by atoms with van der Waals surface area (Å²) in [5, 5.41) is 7.02. The molecule has 0 radical (unpaired) electrons. The van der Waals surface area contributed by atoms with E-state index in [9.17, 15) is 13.2 Å². The molecule has 1 fully saturated rings. The fraction of sp³-hybridized carbons (Fsp3) is 0.474. The lowest BCUT2D eigenvalue weighted by molar-refractivity contribution is -0.120. The minimum Gasteiger partial charge on any atom is -0.454 e. The molecule has 2 aromatic rings. The maximum absolute atomic E-state index is 12.9. The Labute approximate surface area is 175 Å². The number of anilines is 1. The molecule has 2 N–H and O–H groups in total. The van der Waals surface area contributed by atoms with Crippen LogP contribution in [0.25, 0.3) is 0 Å². The van der Waals surface area contributed by atoms with E-state index in [4.69, 9.17) is 9.47 Å². The fourth-order valence-electron chi connectivity index (χ4n) is 3.55. The van der Waals surface area contributed by atoms with Crippen molar-refractivity contribution in [3.63, 3.8) is 0 Å². The van der Waals surface area contributed by atoms with E-state index in [1.807, 2.05) is 0 Å². The highest BCUT2D eigenvalue weighted by Gasteiger charge is 2.41. The molecule has 2 atom stereocenters. The Hall–Kier alpha value is -2.63. The monoisotopic (exact) mass is 435 g/mol. The standard InChI is InChI=1S/C19H25N5O5S/c1-3-4-7-24-11-14(10-20-24)21-19(25)16-9-15(22-30(26,27)23(16)2)13-5-6-17-18(8-13)29-12-28-17/h5-6,8,10-11,15-16,22H,3-4,7,9,12H2,1-2H3,(H,21,25). The minimum atomic E-state index is -3.84. The predicted octanol–water partition coefficient (Wildman–Crippen LogP) is 1.63. The van der Waals surface area contributed by atoms with Crippen molar-refractivity contribution in [2.45, 2.75) is 44.8 Å². The van der Waals surface area contributed by atoms with Gasteiger partial charge in [-0.05, 0) is 30.5 Å². The van der Waals surface area contributed by atoms with Crippen LogP contribution >= 0.6 is 0 Å². The molecule has 2 aliphatic heterocycles. The first-order valence-corrected chi connectivity index (χ1v) is 11.3. The molecule has 1 amide bonds. The van der Waals surface area contributed by atoms with Crippen LogP contribution in [0, 0.1) is 0 Å². The summed E-state index contributed by atoms with van der Waals surface area (Å²) < 4.78 is 41.5. The van der Waals surface area contributed by atoms with Crippen molar-refractivity contribution in [1.29, 1.82) is 0 Å². The highest BCUT2D eigenvalue weighted by atomic mass is 32.2. The normalized spacial score (nSPS) is 22.7. The van der Waals surface area contributed by atoms with Crippen LogP contribution in [-0.4, -0.2) is 48.3 Å². The SMILES string of the molecule is CCCCn1cc(NC(=O)C2CC(c3ccc4c(c3)OCO4)NS(=O)(=O)N2C)cn1. The van der Waals surface area contributed by atoms with Crippen LogP contribution in [-0.2, 0) is 21.5 Å². The summed E-state index contributed by atoms with van der Waals surface area (Å²) in [6.45, 7) is 2.99. The number of benzene rings is 1. The largest absolute Gasteiger partial charge is 0.454 e. The average molecular weight is 436 g/mol.